The van der Waals surface area contributed by atoms with Crippen molar-refractivity contribution in [1.29, 1.82) is 0 Å². The lowest BCUT2D eigenvalue weighted by Crippen LogP contribution is -2.39. The Morgan fingerprint density at radius 1 is 1.16 bits per heavy atom. The van der Waals surface area contributed by atoms with Gasteiger partial charge >= 0.3 is 5.97 Å². The van der Waals surface area contributed by atoms with Crippen molar-refractivity contribution in [2.75, 3.05) is 26.4 Å². The van der Waals surface area contributed by atoms with Crippen LogP contribution in [0.25, 0.3) is 0 Å². The summed E-state index contributed by atoms with van der Waals surface area (Å²) in [5.74, 6) is -0.666. The van der Waals surface area contributed by atoms with E-state index in [0.29, 0.717) is 57.6 Å². The van der Waals surface area contributed by atoms with E-state index >= 15 is 4.39 Å². The third-order valence-corrected chi connectivity index (χ3v) is 9.60. The first kappa shape index (κ1) is 28.8. The van der Waals surface area contributed by atoms with Gasteiger partial charge in [-0.05, 0) is 56.2 Å². The van der Waals surface area contributed by atoms with Crippen LogP contribution in [-0.4, -0.2) is 45.1 Å². The second-order valence-electron chi connectivity index (χ2n) is 9.42. The summed E-state index contributed by atoms with van der Waals surface area (Å²) in [6.07, 6.45) is 11.5. The summed E-state index contributed by atoms with van der Waals surface area (Å²) in [4.78, 5) is 12.0. The van der Waals surface area contributed by atoms with Crippen molar-refractivity contribution in [3.05, 3.63) is 71.0 Å². The zero-order chi connectivity index (χ0) is 26.9. The van der Waals surface area contributed by atoms with Gasteiger partial charge in [0.2, 0.25) is 10.0 Å². The van der Waals surface area contributed by atoms with Crippen LogP contribution in [0.15, 0.2) is 48.5 Å². The van der Waals surface area contributed by atoms with Crippen molar-refractivity contribution in [2.45, 2.75) is 62.7 Å². The molecule has 0 unspecified atom stereocenters. The van der Waals surface area contributed by atoms with Gasteiger partial charge in [-0.25, -0.2) is 12.8 Å². The molecule has 2 heterocycles. The quantitative estimate of drug-likeness (QED) is 0.350. The number of terminal acetylenes is 1. The molecule has 6 nitrogen and oxygen atoms in total. The van der Waals surface area contributed by atoms with E-state index in [9.17, 15) is 13.2 Å². The molecule has 0 radical (unpaired) electrons. The van der Waals surface area contributed by atoms with Crippen molar-refractivity contribution in [3.63, 3.8) is 0 Å². The van der Waals surface area contributed by atoms with Crippen LogP contribution in [0.5, 0.6) is 0 Å². The number of carbonyl (C=O) groups is 1. The fraction of sp³-hybridized carbons (Fsp3) is 0.483. The lowest BCUT2D eigenvalue weighted by Gasteiger charge is -2.38. The van der Waals surface area contributed by atoms with Crippen LogP contribution < -0.4 is 0 Å². The largest absolute Gasteiger partial charge is 0.466 e. The standard InChI is InChI=1S/C27H34FNO5S.C2H2/c1-2-34-26(30)12-13-27(14-17-33-18-15-27)23-11-10-22(24(28)19-23)20-29-16-6-9-25(35(29,31)32)21-7-4-3-5-8-21;1-2/h3-5,7-8,10-11,19,25H,2,6,9,12-18,20H2,1H3;1-2H/t25-;/m1./s1. The summed E-state index contributed by atoms with van der Waals surface area (Å²) >= 11 is 0. The SMILES string of the molecule is C#C.CCOC(=O)CCC1(c2ccc(CN3CCC[C@H](c4ccccc4)S3(=O)=O)c(F)c2)CCOCC1. The zero-order valence-electron chi connectivity index (χ0n) is 21.4. The molecule has 0 spiro atoms. The number of sulfonamides is 1. The third kappa shape index (κ3) is 6.78. The molecule has 2 fully saturated rings. The first-order valence-electron chi connectivity index (χ1n) is 12.8. The molecule has 0 aliphatic carbocycles. The van der Waals surface area contributed by atoms with E-state index in [1.807, 2.05) is 36.4 Å². The van der Waals surface area contributed by atoms with Crippen LogP contribution in [0.3, 0.4) is 0 Å². The van der Waals surface area contributed by atoms with Crippen LogP contribution in [0.4, 0.5) is 4.39 Å². The number of rotatable bonds is 8. The molecule has 0 amide bonds. The maximum Gasteiger partial charge on any atom is 0.305 e. The highest BCUT2D eigenvalue weighted by atomic mass is 32.2. The average Bonchev–Trinajstić information content (AvgIpc) is 2.92. The molecule has 2 aliphatic rings. The molecule has 0 N–H and O–H groups in total. The number of benzene rings is 2. The minimum absolute atomic E-state index is 0.0106. The highest BCUT2D eigenvalue weighted by Gasteiger charge is 2.38. The molecule has 37 heavy (non-hydrogen) atoms. The van der Waals surface area contributed by atoms with Gasteiger partial charge < -0.3 is 9.47 Å². The summed E-state index contributed by atoms with van der Waals surface area (Å²) in [6.45, 7) is 3.62. The number of halogens is 1. The Morgan fingerprint density at radius 2 is 1.86 bits per heavy atom. The van der Waals surface area contributed by atoms with Crippen molar-refractivity contribution in [2.24, 2.45) is 0 Å². The van der Waals surface area contributed by atoms with Gasteiger partial charge in [0, 0.05) is 43.7 Å². The molecule has 0 bridgehead atoms. The molecule has 2 aromatic carbocycles. The van der Waals surface area contributed by atoms with Crippen LogP contribution in [-0.2, 0) is 36.3 Å². The Kier molecular flexibility index (Phi) is 10.3. The molecular weight excluding hydrogens is 493 g/mol. The average molecular weight is 530 g/mol. The van der Waals surface area contributed by atoms with Crippen molar-refractivity contribution in [1.82, 2.24) is 4.31 Å². The molecule has 2 aromatic rings. The number of hydrogen-bond donors (Lipinski definition) is 0. The van der Waals surface area contributed by atoms with Gasteiger partial charge in [0.25, 0.3) is 0 Å². The van der Waals surface area contributed by atoms with Crippen molar-refractivity contribution >= 4 is 16.0 Å². The molecule has 0 aromatic heterocycles. The predicted octanol–water partition coefficient (Wildman–Crippen LogP) is 5.13. The van der Waals surface area contributed by atoms with Gasteiger partial charge in [-0.1, -0.05) is 42.5 Å². The number of esters is 1. The second kappa shape index (κ2) is 13.2. The monoisotopic (exact) mass is 529 g/mol. The van der Waals surface area contributed by atoms with Gasteiger partial charge in [0.05, 0.1) is 6.61 Å². The molecule has 200 valence electrons. The molecule has 8 heteroatoms. The van der Waals surface area contributed by atoms with E-state index in [0.717, 1.165) is 17.5 Å². The summed E-state index contributed by atoms with van der Waals surface area (Å²) in [5.41, 5.74) is 1.60. The van der Waals surface area contributed by atoms with Crippen LogP contribution >= 0.6 is 0 Å². The van der Waals surface area contributed by atoms with Gasteiger partial charge in [-0.2, -0.15) is 4.31 Å². The van der Waals surface area contributed by atoms with Crippen LogP contribution in [0.2, 0.25) is 0 Å². The lowest BCUT2D eigenvalue weighted by molar-refractivity contribution is -0.143. The predicted molar refractivity (Wildman–Crippen MR) is 142 cm³/mol. The van der Waals surface area contributed by atoms with Gasteiger partial charge in [0.1, 0.15) is 11.1 Å². The fourth-order valence-electron chi connectivity index (χ4n) is 5.30. The smallest absolute Gasteiger partial charge is 0.305 e. The minimum atomic E-state index is -3.60. The highest BCUT2D eigenvalue weighted by Crippen LogP contribution is 2.40. The number of ether oxygens (including phenoxy) is 2. The molecule has 2 aliphatic heterocycles. The zero-order valence-corrected chi connectivity index (χ0v) is 22.2. The fourth-order valence-corrected chi connectivity index (χ4v) is 7.33. The Morgan fingerprint density at radius 3 is 2.51 bits per heavy atom. The number of carbonyl (C=O) groups excluding carboxylic acids is 1. The van der Waals surface area contributed by atoms with Gasteiger partial charge in [0.15, 0.2) is 0 Å². The van der Waals surface area contributed by atoms with E-state index in [-0.39, 0.29) is 24.3 Å². The Bertz CT molecular complexity index is 1160. The molecule has 1 atom stereocenters. The topological polar surface area (TPSA) is 72.9 Å². The number of hydrogen-bond acceptors (Lipinski definition) is 5. The molecular formula is C29H36FNO5S. The first-order valence-corrected chi connectivity index (χ1v) is 14.3. The van der Waals surface area contributed by atoms with E-state index < -0.39 is 21.1 Å². The lowest BCUT2D eigenvalue weighted by atomic mass is 9.71. The first-order chi connectivity index (χ1) is 17.9. The van der Waals surface area contributed by atoms with E-state index in [1.54, 1.807) is 13.0 Å². The van der Waals surface area contributed by atoms with E-state index in [4.69, 9.17) is 9.47 Å². The van der Waals surface area contributed by atoms with Gasteiger partial charge in [-0.15, -0.1) is 12.8 Å². The maximum absolute atomic E-state index is 15.4. The number of nitrogens with zero attached hydrogens (tertiary/aromatic N) is 1. The Labute approximate surface area is 220 Å². The molecule has 0 saturated carbocycles. The van der Waals surface area contributed by atoms with Crippen molar-refractivity contribution < 1.29 is 27.1 Å². The summed E-state index contributed by atoms with van der Waals surface area (Å²) in [5, 5.41) is -0.604. The second-order valence-corrected chi connectivity index (χ2v) is 11.5. The van der Waals surface area contributed by atoms with Gasteiger partial charge in [-0.3, -0.25) is 4.79 Å². The Hall–Kier alpha value is -2.73. The molecule has 4 rings (SSSR count). The van der Waals surface area contributed by atoms with Crippen molar-refractivity contribution in [3.8, 4) is 12.8 Å². The van der Waals surface area contributed by atoms with E-state index in [1.165, 1.54) is 10.4 Å². The Balaban J connectivity index is 0.00000186. The van der Waals surface area contributed by atoms with E-state index in [2.05, 4.69) is 12.8 Å². The highest BCUT2D eigenvalue weighted by molar-refractivity contribution is 7.89. The summed E-state index contributed by atoms with van der Waals surface area (Å²) in [6, 6.07) is 14.3. The maximum atomic E-state index is 15.4. The minimum Gasteiger partial charge on any atom is -0.466 e. The normalized spacial score (nSPS) is 20.8. The summed E-state index contributed by atoms with van der Waals surface area (Å²) in [7, 11) is -3.60. The van der Waals surface area contributed by atoms with Crippen LogP contribution in [0.1, 0.15) is 67.4 Å². The molecule has 2 saturated heterocycles. The summed E-state index contributed by atoms with van der Waals surface area (Å²) < 4.78 is 54.1. The van der Waals surface area contributed by atoms with Crippen LogP contribution in [0, 0.1) is 18.7 Å². The third-order valence-electron chi connectivity index (χ3n) is 7.34.